The Morgan fingerprint density at radius 1 is 1.15 bits per heavy atom. The van der Waals surface area contributed by atoms with E-state index in [0.29, 0.717) is 12.1 Å². The van der Waals surface area contributed by atoms with Crippen LogP contribution in [0.3, 0.4) is 0 Å². The van der Waals surface area contributed by atoms with Crippen molar-refractivity contribution in [3.63, 3.8) is 0 Å². The van der Waals surface area contributed by atoms with Gasteiger partial charge >= 0.3 is 0 Å². The van der Waals surface area contributed by atoms with Gasteiger partial charge in [-0.25, -0.2) is 0 Å². The van der Waals surface area contributed by atoms with Crippen molar-refractivity contribution in [3.8, 4) is 0 Å². The maximum absolute atomic E-state index is 3.79. The lowest BCUT2D eigenvalue weighted by molar-refractivity contribution is 0.271. The first kappa shape index (κ1) is 13.8. The van der Waals surface area contributed by atoms with Gasteiger partial charge in [0, 0.05) is 21.8 Å². The zero-order chi connectivity index (χ0) is 14.1. The molecule has 1 aliphatic rings. The zero-order valence-electron chi connectivity index (χ0n) is 12.5. The number of benzene rings is 1. The summed E-state index contributed by atoms with van der Waals surface area (Å²) in [6, 6.07) is 14.4. The van der Waals surface area contributed by atoms with Crippen molar-refractivity contribution in [3.05, 3.63) is 57.3 Å². The van der Waals surface area contributed by atoms with E-state index in [1.807, 2.05) is 11.3 Å². The Kier molecular flexibility index (Phi) is 3.95. The van der Waals surface area contributed by atoms with Crippen molar-refractivity contribution in [2.24, 2.45) is 0 Å². The van der Waals surface area contributed by atoms with Crippen LogP contribution in [-0.4, -0.2) is 6.04 Å². The third kappa shape index (κ3) is 2.82. The van der Waals surface area contributed by atoms with E-state index in [4.69, 9.17) is 0 Å². The summed E-state index contributed by atoms with van der Waals surface area (Å²) in [6.07, 6.45) is 2.55. The zero-order valence-corrected chi connectivity index (χ0v) is 13.3. The molecule has 1 atom stereocenters. The maximum atomic E-state index is 3.79. The Balaban J connectivity index is 1.55. The van der Waals surface area contributed by atoms with Crippen LogP contribution < -0.4 is 5.32 Å². The molecule has 20 heavy (non-hydrogen) atoms. The summed E-state index contributed by atoms with van der Waals surface area (Å²) >= 11 is 1.91. The van der Waals surface area contributed by atoms with E-state index >= 15 is 0 Å². The fourth-order valence-corrected chi connectivity index (χ4v) is 4.30. The first-order valence-corrected chi connectivity index (χ1v) is 8.33. The first-order chi connectivity index (χ1) is 9.63. The Bertz CT molecular complexity index is 566. The third-order valence-corrected chi connectivity index (χ3v) is 5.42. The van der Waals surface area contributed by atoms with E-state index in [0.717, 1.165) is 5.92 Å². The minimum absolute atomic E-state index is 0.474. The molecule has 1 N–H and O–H groups in total. The molecular formula is C18H23NS. The quantitative estimate of drug-likeness (QED) is 0.837. The monoisotopic (exact) mass is 285 g/mol. The number of hydrogen-bond donors (Lipinski definition) is 1. The summed E-state index contributed by atoms with van der Waals surface area (Å²) in [5.41, 5.74) is 2.98. The highest BCUT2D eigenvalue weighted by molar-refractivity contribution is 7.12. The summed E-state index contributed by atoms with van der Waals surface area (Å²) < 4.78 is 0. The van der Waals surface area contributed by atoms with Gasteiger partial charge in [0.05, 0.1) is 0 Å². The standard InChI is InChI=1S/C18H23NS/c1-12-9-18(14(3)20-12)13(2)19-17-10-16(11-17)15-7-5-4-6-8-15/h4-9,13,16-17,19H,10-11H2,1-3H3. The summed E-state index contributed by atoms with van der Waals surface area (Å²) in [5.74, 6) is 0.756. The Morgan fingerprint density at radius 3 is 2.45 bits per heavy atom. The van der Waals surface area contributed by atoms with Crippen molar-refractivity contribution in [1.82, 2.24) is 5.32 Å². The van der Waals surface area contributed by atoms with E-state index in [9.17, 15) is 0 Å². The van der Waals surface area contributed by atoms with Crippen molar-refractivity contribution < 1.29 is 0 Å². The van der Waals surface area contributed by atoms with E-state index in [2.05, 4.69) is 62.5 Å². The molecular weight excluding hydrogens is 262 g/mol. The Hall–Kier alpha value is -1.12. The number of hydrogen-bond acceptors (Lipinski definition) is 2. The number of thiophene rings is 1. The summed E-state index contributed by atoms with van der Waals surface area (Å²) in [5, 5.41) is 3.79. The molecule has 1 fully saturated rings. The molecule has 0 spiro atoms. The highest BCUT2D eigenvalue weighted by Crippen LogP contribution is 2.38. The fraction of sp³-hybridized carbons (Fsp3) is 0.444. The molecule has 1 saturated carbocycles. The minimum atomic E-state index is 0.474. The first-order valence-electron chi connectivity index (χ1n) is 7.51. The minimum Gasteiger partial charge on any atom is -0.307 e. The van der Waals surface area contributed by atoms with Crippen LogP contribution in [-0.2, 0) is 0 Å². The van der Waals surface area contributed by atoms with Crippen LogP contribution in [0, 0.1) is 13.8 Å². The predicted molar refractivity (Wildman–Crippen MR) is 87.5 cm³/mol. The molecule has 1 nitrogen and oxygen atoms in total. The highest BCUT2D eigenvalue weighted by atomic mass is 32.1. The molecule has 0 aliphatic heterocycles. The normalized spacial score (nSPS) is 23.4. The van der Waals surface area contributed by atoms with Gasteiger partial charge in [-0.05, 0) is 56.7 Å². The second kappa shape index (κ2) is 5.71. The van der Waals surface area contributed by atoms with Gasteiger partial charge in [-0.15, -0.1) is 11.3 Å². The third-order valence-electron chi connectivity index (χ3n) is 4.44. The molecule has 1 aromatic carbocycles. The van der Waals surface area contributed by atoms with Gasteiger partial charge < -0.3 is 5.32 Å². The summed E-state index contributed by atoms with van der Waals surface area (Å²) in [7, 11) is 0. The molecule has 0 saturated heterocycles. The molecule has 0 radical (unpaired) electrons. The van der Waals surface area contributed by atoms with Crippen molar-refractivity contribution in [1.29, 1.82) is 0 Å². The fourth-order valence-electron chi connectivity index (χ4n) is 3.28. The van der Waals surface area contributed by atoms with Gasteiger partial charge in [0.1, 0.15) is 0 Å². The van der Waals surface area contributed by atoms with Gasteiger partial charge in [-0.2, -0.15) is 0 Å². The molecule has 2 aromatic rings. The highest BCUT2D eigenvalue weighted by Gasteiger charge is 2.31. The van der Waals surface area contributed by atoms with Crippen molar-refractivity contribution >= 4 is 11.3 Å². The molecule has 0 amide bonds. The second-order valence-electron chi connectivity index (χ2n) is 6.03. The predicted octanol–water partition coefficient (Wildman–Crippen LogP) is 4.96. The largest absolute Gasteiger partial charge is 0.307 e. The van der Waals surface area contributed by atoms with Crippen LogP contribution >= 0.6 is 11.3 Å². The molecule has 1 unspecified atom stereocenters. The van der Waals surface area contributed by atoms with E-state index < -0.39 is 0 Å². The van der Waals surface area contributed by atoms with Gasteiger partial charge in [0.2, 0.25) is 0 Å². The van der Waals surface area contributed by atoms with Gasteiger partial charge in [-0.3, -0.25) is 0 Å². The number of aryl methyl sites for hydroxylation is 2. The van der Waals surface area contributed by atoms with E-state index in [1.54, 1.807) is 0 Å². The van der Waals surface area contributed by atoms with Crippen LogP contribution in [0.2, 0.25) is 0 Å². The van der Waals surface area contributed by atoms with E-state index in [-0.39, 0.29) is 0 Å². The van der Waals surface area contributed by atoms with Crippen LogP contribution in [0.25, 0.3) is 0 Å². The summed E-state index contributed by atoms with van der Waals surface area (Å²) in [6.45, 7) is 6.73. The van der Waals surface area contributed by atoms with Crippen molar-refractivity contribution in [2.45, 2.75) is 51.6 Å². The number of rotatable bonds is 4. The second-order valence-corrected chi connectivity index (χ2v) is 7.49. The molecule has 1 aliphatic carbocycles. The SMILES string of the molecule is Cc1cc(C(C)NC2CC(c3ccccc3)C2)c(C)s1. The van der Waals surface area contributed by atoms with Gasteiger partial charge in [-0.1, -0.05) is 30.3 Å². The van der Waals surface area contributed by atoms with Crippen LogP contribution in [0.15, 0.2) is 36.4 Å². The average Bonchev–Trinajstić information content (AvgIpc) is 2.73. The average molecular weight is 285 g/mol. The lowest BCUT2D eigenvalue weighted by atomic mass is 9.75. The maximum Gasteiger partial charge on any atom is 0.0305 e. The van der Waals surface area contributed by atoms with Crippen molar-refractivity contribution in [2.75, 3.05) is 0 Å². The smallest absolute Gasteiger partial charge is 0.0305 e. The van der Waals surface area contributed by atoms with Crippen LogP contribution in [0.1, 0.15) is 52.6 Å². The van der Waals surface area contributed by atoms with Gasteiger partial charge in [0.25, 0.3) is 0 Å². The lowest BCUT2D eigenvalue weighted by Crippen LogP contribution is -2.41. The number of nitrogens with one attached hydrogen (secondary N) is 1. The topological polar surface area (TPSA) is 12.0 Å². The van der Waals surface area contributed by atoms with Gasteiger partial charge in [0.15, 0.2) is 0 Å². The molecule has 106 valence electrons. The lowest BCUT2D eigenvalue weighted by Gasteiger charge is -2.38. The molecule has 2 heteroatoms. The summed E-state index contributed by atoms with van der Waals surface area (Å²) in [4.78, 5) is 2.88. The Labute approximate surface area is 126 Å². The Morgan fingerprint density at radius 2 is 1.85 bits per heavy atom. The molecule has 1 aromatic heterocycles. The molecule has 0 bridgehead atoms. The van der Waals surface area contributed by atoms with Crippen LogP contribution in [0.4, 0.5) is 0 Å². The molecule has 1 heterocycles. The molecule has 3 rings (SSSR count). The van der Waals surface area contributed by atoms with Crippen LogP contribution in [0.5, 0.6) is 0 Å². The van der Waals surface area contributed by atoms with E-state index in [1.165, 1.54) is 33.7 Å².